The number of allylic oxidation sites excluding steroid dienone is 2. The van der Waals surface area contributed by atoms with Crippen LogP contribution in [-0.2, 0) is 0 Å². The molecule has 1 fully saturated rings. The van der Waals surface area contributed by atoms with Crippen molar-refractivity contribution in [3.05, 3.63) is 12.2 Å². The van der Waals surface area contributed by atoms with E-state index in [9.17, 15) is 26.3 Å². The van der Waals surface area contributed by atoms with Crippen LogP contribution in [0.5, 0.6) is 0 Å². The molecule has 22 heavy (non-hydrogen) atoms. The minimum atomic E-state index is -6.03. The fourth-order valence-electron chi connectivity index (χ4n) is 3.87. The van der Waals surface area contributed by atoms with Crippen LogP contribution in [0.25, 0.3) is 0 Å². The maximum absolute atomic E-state index is 13.8. The quantitative estimate of drug-likeness (QED) is 0.579. The Morgan fingerprint density at radius 1 is 1.05 bits per heavy atom. The Morgan fingerprint density at radius 3 is 2.00 bits per heavy atom. The van der Waals surface area contributed by atoms with E-state index in [0.717, 1.165) is 0 Å². The summed E-state index contributed by atoms with van der Waals surface area (Å²) in [6.07, 6.45) is -3.61. The zero-order valence-corrected chi connectivity index (χ0v) is 12.6. The van der Waals surface area contributed by atoms with Crippen molar-refractivity contribution in [2.75, 3.05) is 0 Å². The topological polar surface area (TPSA) is 20.2 Å². The second-order valence-electron chi connectivity index (χ2n) is 7.77. The second kappa shape index (κ2) is 4.65. The lowest BCUT2D eigenvalue weighted by Gasteiger charge is -2.38. The Bertz CT molecular complexity index is 473. The van der Waals surface area contributed by atoms with Gasteiger partial charge < -0.3 is 5.11 Å². The van der Waals surface area contributed by atoms with Gasteiger partial charge in [0.2, 0.25) is 0 Å². The number of hydrogen-bond donors (Lipinski definition) is 1. The zero-order valence-electron chi connectivity index (χ0n) is 12.6. The van der Waals surface area contributed by atoms with Crippen molar-refractivity contribution in [2.45, 2.75) is 58.0 Å². The van der Waals surface area contributed by atoms with Gasteiger partial charge in [-0.05, 0) is 35.5 Å². The highest BCUT2D eigenvalue weighted by molar-refractivity contribution is 5.21. The minimum absolute atomic E-state index is 0.00870. The van der Waals surface area contributed by atoms with E-state index in [4.69, 9.17) is 5.11 Å². The van der Waals surface area contributed by atoms with Crippen molar-refractivity contribution >= 4 is 0 Å². The molecule has 2 rings (SSSR count). The van der Waals surface area contributed by atoms with Gasteiger partial charge in [0, 0.05) is 6.42 Å². The second-order valence-corrected chi connectivity index (χ2v) is 7.77. The third kappa shape index (κ3) is 2.65. The van der Waals surface area contributed by atoms with E-state index in [-0.39, 0.29) is 30.1 Å². The lowest BCUT2D eigenvalue weighted by molar-refractivity contribution is -0.389. The molecule has 0 heterocycles. The molecule has 2 aliphatic rings. The van der Waals surface area contributed by atoms with Crippen LogP contribution in [0.3, 0.4) is 0 Å². The molecule has 128 valence electrons. The summed E-state index contributed by atoms with van der Waals surface area (Å²) in [5.41, 5.74) is -1.36. The van der Waals surface area contributed by atoms with Gasteiger partial charge in [-0.3, -0.25) is 0 Å². The van der Waals surface area contributed by atoms with E-state index >= 15 is 0 Å². The molecule has 0 radical (unpaired) electrons. The highest BCUT2D eigenvalue weighted by Gasteiger charge is 2.72. The number of fused-ring (bicyclic) bond motifs is 2. The van der Waals surface area contributed by atoms with Gasteiger partial charge in [-0.1, -0.05) is 32.9 Å². The summed E-state index contributed by atoms with van der Waals surface area (Å²) in [5, 5.41) is 8.72. The van der Waals surface area contributed by atoms with Crippen LogP contribution in [0.4, 0.5) is 26.3 Å². The molecule has 7 heteroatoms. The van der Waals surface area contributed by atoms with Crippen molar-refractivity contribution in [3.63, 3.8) is 0 Å². The van der Waals surface area contributed by atoms with Crippen LogP contribution in [0.1, 0.15) is 40.0 Å². The fourth-order valence-corrected chi connectivity index (χ4v) is 3.87. The van der Waals surface area contributed by atoms with Gasteiger partial charge in [-0.25, -0.2) is 0 Å². The highest BCUT2D eigenvalue weighted by Crippen LogP contribution is 2.62. The van der Waals surface area contributed by atoms with Crippen LogP contribution >= 0.6 is 0 Å². The van der Waals surface area contributed by atoms with E-state index in [1.807, 2.05) is 20.8 Å². The first-order valence-corrected chi connectivity index (χ1v) is 7.17. The van der Waals surface area contributed by atoms with Crippen LogP contribution in [-0.4, -0.2) is 23.1 Å². The van der Waals surface area contributed by atoms with E-state index in [1.54, 1.807) is 6.08 Å². The van der Waals surface area contributed by atoms with Gasteiger partial charge in [0.25, 0.3) is 0 Å². The lowest BCUT2D eigenvalue weighted by atomic mass is 9.70. The standard InChI is InChI=1S/C15H20F6O/c1-11(2,3)10-7-12(5-4-9(10)6-12)8-13(16,17)14(18,22)15(19,20)21/h4-5,9-10,22H,6-8H2,1-3H3. The summed E-state index contributed by atoms with van der Waals surface area (Å²) < 4.78 is 78.2. The third-order valence-corrected chi connectivity index (χ3v) is 5.03. The first-order chi connectivity index (χ1) is 9.61. The summed E-state index contributed by atoms with van der Waals surface area (Å²) in [6, 6.07) is 0. The number of alkyl halides is 6. The Hall–Kier alpha value is -0.720. The molecular weight excluding hydrogens is 310 g/mol. The molecular formula is C15H20F6O. The molecule has 1 N–H and O–H groups in total. The first kappa shape index (κ1) is 17.6. The normalized spacial score (nSPS) is 35.0. The molecule has 2 bridgehead atoms. The summed E-state index contributed by atoms with van der Waals surface area (Å²) in [6.45, 7) is 5.83. The summed E-state index contributed by atoms with van der Waals surface area (Å²) >= 11 is 0. The van der Waals surface area contributed by atoms with Gasteiger partial charge in [-0.2, -0.15) is 26.3 Å². The first-order valence-electron chi connectivity index (χ1n) is 7.17. The molecule has 0 aliphatic heterocycles. The Kier molecular flexibility index (Phi) is 3.72. The molecule has 0 aromatic carbocycles. The molecule has 1 saturated carbocycles. The van der Waals surface area contributed by atoms with E-state index < -0.39 is 29.8 Å². The van der Waals surface area contributed by atoms with Crippen LogP contribution < -0.4 is 0 Å². The molecule has 4 atom stereocenters. The predicted octanol–water partition coefficient (Wildman–Crippen LogP) is 4.86. The summed E-state index contributed by atoms with van der Waals surface area (Å²) in [5.74, 6) is -10.3. The van der Waals surface area contributed by atoms with Gasteiger partial charge in [-0.15, -0.1) is 0 Å². The van der Waals surface area contributed by atoms with E-state index in [2.05, 4.69) is 0 Å². The van der Waals surface area contributed by atoms with Gasteiger partial charge in [0.1, 0.15) is 0 Å². The molecule has 1 nitrogen and oxygen atoms in total. The van der Waals surface area contributed by atoms with Crippen molar-refractivity contribution in [1.29, 1.82) is 0 Å². The van der Waals surface area contributed by atoms with Crippen molar-refractivity contribution in [1.82, 2.24) is 0 Å². The third-order valence-electron chi connectivity index (χ3n) is 5.03. The molecule has 2 aliphatic carbocycles. The molecule has 0 amide bonds. The minimum Gasteiger partial charge on any atom is -0.350 e. The average molecular weight is 330 g/mol. The Balaban J connectivity index is 2.23. The number of hydrogen-bond acceptors (Lipinski definition) is 1. The average Bonchev–Trinajstić information content (AvgIpc) is 2.82. The van der Waals surface area contributed by atoms with Gasteiger partial charge >= 0.3 is 18.0 Å². The van der Waals surface area contributed by atoms with Crippen LogP contribution in [0.15, 0.2) is 12.2 Å². The monoisotopic (exact) mass is 330 g/mol. The van der Waals surface area contributed by atoms with Crippen molar-refractivity contribution in [3.8, 4) is 0 Å². The maximum atomic E-state index is 13.8. The van der Waals surface area contributed by atoms with Crippen molar-refractivity contribution in [2.24, 2.45) is 22.7 Å². The van der Waals surface area contributed by atoms with Crippen molar-refractivity contribution < 1.29 is 31.4 Å². The highest BCUT2D eigenvalue weighted by atomic mass is 19.4. The smallest absolute Gasteiger partial charge is 0.350 e. The predicted molar refractivity (Wildman–Crippen MR) is 68.9 cm³/mol. The van der Waals surface area contributed by atoms with Crippen LogP contribution in [0, 0.1) is 22.7 Å². The summed E-state index contributed by atoms with van der Waals surface area (Å²) in [7, 11) is 0. The largest absolute Gasteiger partial charge is 0.454 e. The maximum Gasteiger partial charge on any atom is 0.454 e. The molecule has 0 spiro atoms. The Labute approximate surface area is 125 Å². The van der Waals surface area contributed by atoms with Gasteiger partial charge in [0.05, 0.1) is 0 Å². The lowest BCUT2D eigenvalue weighted by Crippen LogP contribution is -2.56. The summed E-state index contributed by atoms with van der Waals surface area (Å²) in [4.78, 5) is 0. The fraction of sp³-hybridized carbons (Fsp3) is 0.867. The molecule has 4 unspecified atom stereocenters. The van der Waals surface area contributed by atoms with Crippen LogP contribution in [0.2, 0.25) is 0 Å². The van der Waals surface area contributed by atoms with Gasteiger partial charge in [0.15, 0.2) is 0 Å². The zero-order chi connectivity index (χ0) is 17.2. The van der Waals surface area contributed by atoms with E-state index in [0.29, 0.717) is 0 Å². The molecule has 0 aromatic rings. The van der Waals surface area contributed by atoms with E-state index in [1.165, 1.54) is 6.08 Å². The SMILES string of the molecule is CC(C)(C)C1CC2(CC(F)(F)C(O)(F)C(F)(F)F)C=CC1C2. The number of rotatable bonds is 3. The molecule has 0 aromatic heterocycles. The Morgan fingerprint density at radius 2 is 1.59 bits per heavy atom. The number of aliphatic hydroxyl groups is 1. The number of halogens is 6. The molecule has 0 saturated heterocycles.